The summed E-state index contributed by atoms with van der Waals surface area (Å²) in [5.41, 5.74) is 0. The summed E-state index contributed by atoms with van der Waals surface area (Å²) in [6, 6.07) is 0. The molecule has 2 amide bonds. The van der Waals surface area contributed by atoms with Crippen molar-refractivity contribution in [1.29, 1.82) is 0 Å². The average molecular weight is 276 g/mol. The molecule has 0 saturated carbocycles. The van der Waals surface area contributed by atoms with Crippen molar-refractivity contribution in [3.63, 3.8) is 0 Å². The second-order valence-corrected chi connectivity index (χ2v) is 4.56. The molecule has 1 heterocycles. The van der Waals surface area contributed by atoms with E-state index in [9.17, 15) is 19.2 Å². The molecule has 0 spiro atoms. The Morgan fingerprint density at radius 2 is 1.78 bits per heavy atom. The van der Waals surface area contributed by atoms with Crippen LogP contribution in [0.1, 0.15) is 0 Å². The van der Waals surface area contributed by atoms with Crippen LogP contribution >= 0.6 is 11.8 Å². The summed E-state index contributed by atoms with van der Waals surface area (Å²) in [6.07, 6.45) is 0. The van der Waals surface area contributed by atoms with E-state index in [2.05, 4.69) is 0 Å². The number of aliphatic carboxylic acids is 2. The van der Waals surface area contributed by atoms with E-state index in [1.54, 1.807) is 0 Å². The van der Waals surface area contributed by atoms with E-state index >= 15 is 0 Å². The topological polar surface area (TPSA) is 115 Å². The lowest BCUT2D eigenvalue weighted by atomic mass is 10.4. The molecule has 1 rings (SSSR count). The molecular formula is C9H12N2O6S. The van der Waals surface area contributed by atoms with Crippen LogP contribution in [0.2, 0.25) is 0 Å². The first-order valence-corrected chi connectivity index (χ1v) is 6.12. The van der Waals surface area contributed by atoms with Gasteiger partial charge in [-0.2, -0.15) is 0 Å². The Kier molecular flexibility index (Phi) is 4.95. The first-order chi connectivity index (χ1) is 8.40. The van der Waals surface area contributed by atoms with Crippen LogP contribution in [0.5, 0.6) is 0 Å². The third-order valence-corrected chi connectivity index (χ3v) is 3.10. The summed E-state index contributed by atoms with van der Waals surface area (Å²) in [6.45, 7) is -1.67. The third kappa shape index (κ3) is 4.24. The Balaban J connectivity index is 2.60. The highest BCUT2D eigenvalue weighted by atomic mass is 32.2. The van der Waals surface area contributed by atoms with Crippen molar-refractivity contribution in [3.8, 4) is 0 Å². The Hall–Kier alpha value is -1.77. The van der Waals surface area contributed by atoms with Crippen molar-refractivity contribution in [1.82, 2.24) is 9.80 Å². The molecule has 0 aromatic rings. The van der Waals surface area contributed by atoms with E-state index < -0.39 is 30.9 Å². The molecule has 8 nitrogen and oxygen atoms in total. The first-order valence-electron chi connectivity index (χ1n) is 4.97. The van der Waals surface area contributed by atoms with Gasteiger partial charge in [0.2, 0.25) is 11.8 Å². The molecule has 0 aromatic carbocycles. The van der Waals surface area contributed by atoms with Crippen LogP contribution in [0.15, 0.2) is 0 Å². The number of rotatable bonds is 6. The number of carbonyl (C=O) groups is 4. The quantitative estimate of drug-likeness (QED) is 0.607. The molecule has 18 heavy (non-hydrogen) atoms. The number of carbonyl (C=O) groups excluding carboxylic acids is 2. The van der Waals surface area contributed by atoms with E-state index in [4.69, 9.17) is 10.2 Å². The van der Waals surface area contributed by atoms with Crippen molar-refractivity contribution < 1.29 is 29.4 Å². The number of amides is 2. The predicted molar refractivity (Wildman–Crippen MR) is 60.9 cm³/mol. The van der Waals surface area contributed by atoms with E-state index in [-0.39, 0.29) is 18.2 Å². The molecule has 2 N–H and O–H groups in total. The van der Waals surface area contributed by atoms with Gasteiger partial charge in [-0.05, 0) is 0 Å². The Morgan fingerprint density at radius 3 is 2.17 bits per heavy atom. The Bertz CT molecular complexity index is 369. The summed E-state index contributed by atoms with van der Waals surface area (Å²) >= 11 is 1.34. The van der Waals surface area contributed by atoms with Crippen molar-refractivity contribution in [2.75, 3.05) is 31.3 Å². The molecule has 0 unspecified atom stereocenters. The molecule has 0 bridgehead atoms. The van der Waals surface area contributed by atoms with Gasteiger partial charge in [-0.3, -0.25) is 19.2 Å². The predicted octanol–water partition coefficient (Wildman–Crippen LogP) is -1.48. The summed E-state index contributed by atoms with van der Waals surface area (Å²) in [5, 5.41) is 17.2. The highest BCUT2D eigenvalue weighted by molar-refractivity contribution is 8.00. The van der Waals surface area contributed by atoms with Crippen LogP contribution < -0.4 is 0 Å². The summed E-state index contributed by atoms with van der Waals surface area (Å²) < 4.78 is 0. The fourth-order valence-corrected chi connectivity index (χ4v) is 2.27. The Labute approximate surface area is 107 Å². The van der Waals surface area contributed by atoms with E-state index in [0.29, 0.717) is 10.8 Å². The van der Waals surface area contributed by atoms with Crippen molar-refractivity contribution >= 4 is 35.5 Å². The van der Waals surface area contributed by atoms with Crippen molar-refractivity contribution in [2.24, 2.45) is 0 Å². The zero-order valence-corrected chi connectivity index (χ0v) is 10.2. The molecule has 100 valence electrons. The maximum Gasteiger partial charge on any atom is 0.323 e. The standard InChI is InChI=1S/C9H12N2O6S/c12-6(1-11-5-18-4-7(11)13)10(2-8(14)15)3-9(16)17/h1-5H2,(H,14,15)(H,16,17). The van der Waals surface area contributed by atoms with Gasteiger partial charge in [0.15, 0.2) is 0 Å². The van der Waals surface area contributed by atoms with Gasteiger partial charge in [-0.25, -0.2) is 0 Å². The molecule has 0 radical (unpaired) electrons. The van der Waals surface area contributed by atoms with Gasteiger partial charge < -0.3 is 20.0 Å². The number of carboxylic acid groups (broad SMARTS) is 2. The van der Waals surface area contributed by atoms with Crippen LogP contribution in [0, 0.1) is 0 Å². The van der Waals surface area contributed by atoms with E-state index in [0.717, 1.165) is 0 Å². The van der Waals surface area contributed by atoms with Gasteiger partial charge in [-0.1, -0.05) is 0 Å². The maximum absolute atomic E-state index is 11.7. The van der Waals surface area contributed by atoms with Gasteiger partial charge >= 0.3 is 11.9 Å². The zero-order valence-electron chi connectivity index (χ0n) is 9.37. The first kappa shape index (κ1) is 14.3. The summed E-state index contributed by atoms with van der Waals surface area (Å²) in [7, 11) is 0. The lowest BCUT2D eigenvalue weighted by Crippen LogP contribution is -2.45. The normalized spacial score (nSPS) is 14.7. The molecule has 1 aliphatic heterocycles. The van der Waals surface area contributed by atoms with Crippen LogP contribution in [0.25, 0.3) is 0 Å². The SMILES string of the molecule is O=C(O)CN(CC(=O)O)C(=O)CN1CSCC1=O. The maximum atomic E-state index is 11.7. The molecule has 9 heteroatoms. The number of hydrogen-bond acceptors (Lipinski definition) is 5. The zero-order chi connectivity index (χ0) is 13.7. The van der Waals surface area contributed by atoms with Crippen LogP contribution in [-0.4, -0.2) is 75.0 Å². The van der Waals surface area contributed by atoms with Crippen molar-refractivity contribution in [2.45, 2.75) is 0 Å². The van der Waals surface area contributed by atoms with E-state index in [1.165, 1.54) is 16.7 Å². The molecule has 1 aliphatic rings. The lowest BCUT2D eigenvalue weighted by Gasteiger charge is -2.21. The fraction of sp³-hybridized carbons (Fsp3) is 0.556. The second kappa shape index (κ2) is 6.24. The minimum Gasteiger partial charge on any atom is -0.480 e. The minimum atomic E-state index is -1.30. The monoisotopic (exact) mass is 276 g/mol. The minimum absolute atomic E-state index is 0.209. The molecule has 0 atom stereocenters. The van der Waals surface area contributed by atoms with Crippen molar-refractivity contribution in [3.05, 3.63) is 0 Å². The smallest absolute Gasteiger partial charge is 0.323 e. The summed E-state index contributed by atoms with van der Waals surface area (Å²) in [5.74, 6) is -2.85. The van der Waals surface area contributed by atoms with Gasteiger partial charge in [0.1, 0.15) is 19.6 Å². The highest BCUT2D eigenvalue weighted by Gasteiger charge is 2.27. The average Bonchev–Trinajstić information content (AvgIpc) is 2.62. The molecular weight excluding hydrogens is 264 g/mol. The number of nitrogens with zero attached hydrogens (tertiary/aromatic N) is 2. The number of carboxylic acids is 2. The second-order valence-electron chi connectivity index (χ2n) is 3.61. The third-order valence-electron chi connectivity index (χ3n) is 2.16. The van der Waals surface area contributed by atoms with Crippen LogP contribution in [0.4, 0.5) is 0 Å². The summed E-state index contributed by atoms with van der Waals surface area (Å²) in [4.78, 5) is 46.0. The molecule has 0 aromatic heterocycles. The van der Waals surface area contributed by atoms with Gasteiger partial charge in [0.05, 0.1) is 11.6 Å². The molecule has 1 fully saturated rings. The fourth-order valence-electron chi connectivity index (χ4n) is 1.36. The molecule has 1 saturated heterocycles. The molecule has 0 aliphatic carbocycles. The largest absolute Gasteiger partial charge is 0.480 e. The number of thioether (sulfide) groups is 1. The Morgan fingerprint density at radius 1 is 1.22 bits per heavy atom. The van der Waals surface area contributed by atoms with Gasteiger partial charge in [0, 0.05) is 0 Å². The van der Waals surface area contributed by atoms with Gasteiger partial charge in [0.25, 0.3) is 0 Å². The number of hydrogen-bond donors (Lipinski definition) is 2. The van der Waals surface area contributed by atoms with Gasteiger partial charge in [-0.15, -0.1) is 11.8 Å². The van der Waals surface area contributed by atoms with Crippen LogP contribution in [-0.2, 0) is 19.2 Å². The van der Waals surface area contributed by atoms with Crippen LogP contribution in [0.3, 0.4) is 0 Å². The highest BCUT2D eigenvalue weighted by Crippen LogP contribution is 2.14. The van der Waals surface area contributed by atoms with E-state index in [1.807, 2.05) is 0 Å². The lowest BCUT2D eigenvalue weighted by molar-refractivity contribution is -0.150.